The number of amides is 5. The van der Waals surface area contributed by atoms with E-state index in [1.165, 1.54) is 4.90 Å². The van der Waals surface area contributed by atoms with Crippen molar-refractivity contribution >= 4 is 52.7 Å². The number of alkyl halides is 4. The molecule has 0 aromatic rings. The molecule has 0 spiro atoms. The Morgan fingerprint density at radius 1 is 1.21 bits per heavy atom. The van der Waals surface area contributed by atoms with Crippen LogP contribution >= 0.6 is 23.2 Å². The van der Waals surface area contributed by atoms with Crippen molar-refractivity contribution < 1.29 is 32.8 Å². The van der Waals surface area contributed by atoms with E-state index in [4.69, 9.17) is 23.2 Å². The molecule has 10 nitrogen and oxygen atoms in total. The molecular weight excluding hydrogens is 547 g/mol. The molecule has 214 valence electrons. The van der Waals surface area contributed by atoms with Gasteiger partial charge in [-0.05, 0) is 36.0 Å². The summed E-state index contributed by atoms with van der Waals surface area (Å²) < 4.78 is 27.2. The van der Waals surface area contributed by atoms with Gasteiger partial charge in [-0.3, -0.25) is 29.4 Å². The van der Waals surface area contributed by atoms with E-state index in [0.29, 0.717) is 30.8 Å². The van der Waals surface area contributed by atoms with E-state index in [0.717, 1.165) is 0 Å². The van der Waals surface area contributed by atoms with Gasteiger partial charge < -0.3 is 15.5 Å². The number of hydrogen-bond donors (Lipinski definition) is 3. The molecule has 3 rings (SSSR count). The highest BCUT2D eigenvalue weighted by molar-refractivity contribution is 6.30. The molecule has 14 heteroatoms. The predicted octanol–water partition coefficient (Wildman–Crippen LogP) is 1.46. The minimum Gasteiger partial charge on any atom is -0.356 e. The number of carbonyl (C=O) groups excluding carboxylic acids is 5. The van der Waals surface area contributed by atoms with Crippen LogP contribution in [0.5, 0.6) is 0 Å². The second kappa shape index (κ2) is 11.9. The second-order valence-corrected chi connectivity index (χ2v) is 11.7. The lowest BCUT2D eigenvalue weighted by molar-refractivity contribution is -0.151. The summed E-state index contributed by atoms with van der Waals surface area (Å²) in [4.78, 5) is 65.3. The monoisotopic (exact) mass is 581 g/mol. The molecule has 0 aromatic carbocycles. The van der Waals surface area contributed by atoms with E-state index in [9.17, 15) is 32.8 Å². The smallest absolute Gasteiger partial charge is 0.291 e. The lowest BCUT2D eigenvalue weighted by atomic mass is 9.95. The number of nitrogens with zero attached hydrogens (tertiary/aromatic N) is 2. The summed E-state index contributed by atoms with van der Waals surface area (Å²) in [7, 11) is 0. The number of hydrazine groups is 1. The van der Waals surface area contributed by atoms with Crippen LogP contribution in [0.25, 0.3) is 0 Å². The number of rotatable bonds is 9. The molecule has 38 heavy (non-hydrogen) atoms. The van der Waals surface area contributed by atoms with Gasteiger partial charge in [0.05, 0.1) is 12.5 Å². The highest BCUT2D eigenvalue weighted by Gasteiger charge is 2.69. The minimum atomic E-state index is -2.46. The van der Waals surface area contributed by atoms with Gasteiger partial charge >= 0.3 is 0 Å². The van der Waals surface area contributed by atoms with Crippen molar-refractivity contribution in [1.29, 1.82) is 0 Å². The van der Waals surface area contributed by atoms with Gasteiger partial charge in [0.15, 0.2) is 0 Å². The maximum atomic E-state index is 13.8. The van der Waals surface area contributed by atoms with Crippen LogP contribution in [0.4, 0.5) is 8.78 Å². The number of likely N-dealkylation sites (tertiary alicyclic amines) is 1. The molecule has 3 N–H and O–H groups in total. The van der Waals surface area contributed by atoms with E-state index in [1.807, 2.05) is 13.8 Å². The van der Waals surface area contributed by atoms with Gasteiger partial charge in [0, 0.05) is 13.1 Å². The zero-order valence-electron chi connectivity index (χ0n) is 21.8. The Bertz CT molecular complexity index is 968. The van der Waals surface area contributed by atoms with Crippen molar-refractivity contribution in [1.82, 2.24) is 26.0 Å². The van der Waals surface area contributed by atoms with Gasteiger partial charge in [-0.15, -0.1) is 0 Å². The Hall–Kier alpha value is -2.21. The molecule has 3 aliphatic rings. The highest BCUT2D eigenvalue weighted by Crippen LogP contribution is 2.65. The Morgan fingerprint density at radius 2 is 1.87 bits per heavy atom. The highest BCUT2D eigenvalue weighted by atomic mass is 35.5. The number of halogens is 4. The van der Waals surface area contributed by atoms with Crippen molar-refractivity contribution in [2.45, 2.75) is 70.3 Å². The number of carbonyl (C=O) groups is 5. The van der Waals surface area contributed by atoms with Crippen LogP contribution < -0.4 is 16.1 Å². The summed E-state index contributed by atoms with van der Waals surface area (Å²) in [6.07, 6.45) is 1.56. The summed E-state index contributed by atoms with van der Waals surface area (Å²) in [6.45, 7) is 7.80. The fourth-order valence-electron chi connectivity index (χ4n) is 5.63. The number of hydrogen-bond acceptors (Lipinski definition) is 5. The zero-order chi connectivity index (χ0) is 28.5. The fourth-order valence-corrected chi connectivity index (χ4v) is 5.81. The summed E-state index contributed by atoms with van der Waals surface area (Å²) in [5.41, 5.74) is -2.69. The van der Waals surface area contributed by atoms with E-state index in [1.54, 1.807) is 13.8 Å². The van der Waals surface area contributed by atoms with Crippen LogP contribution in [0.3, 0.4) is 0 Å². The van der Waals surface area contributed by atoms with Gasteiger partial charge in [0.25, 0.3) is 29.0 Å². The normalized spacial score (nSPS) is 28.7. The van der Waals surface area contributed by atoms with E-state index < -0.39 is 58.8 Å². The number of fused-ring (bicyclic) bond motifs is 1. The van der Waals surface area contributed by atoms with Crippen molar-refractivity contribution in [3.63, 3.8) is 0 Å². The molecule has 1 aliphatic carbocycles. The summed E-state index contributed by atoms with van der Waals surface area (Å²) in [5.74, 6) is -5.43. The van der Waals surface area contributed by atoms with Crippen molar-refractivity contribution in [3.05, 3.63) is 0 Å². The second-order valence-electron chi connectivity index (χ2n) is 10.9. The maximum absolute atomic E-state index is 13.8. The topological polar surface area (TPSA) is 128 Å². The van der Waals surface area contributed by atoms with Crippen LogP contribution in [0, 0.1) is 29.1 Å². The summed E-state index contributed by atoms with van der Waals surface area (Å²) in [6, 6.07) is -2.19. The molecule has 8 atom stereocenters. The average molecular weight is 582 g/mol. The molecule has 2 aliphatic heterocycles. The number of nitrogens with one attached hydrogen (secondary N) is 3. The van der Waals surface area contributed by atoms with Gasteiger partial charge in [0.2, 0.25) is 11.8 Å². The summed E-state index contributed by atoms with van der Waals surface area (Å²) in [5, 5.41) is 5.72. The molecule has 0 aromatic heterocycles. The maximum Gasteiger partial charge on any atom is 0.291 e. The molecule has 2 saturated heterocycles. The third-order valence-corrected chi connectivity index (χ3v) is 8.62. The largest absolute Gasteiger partial charge is 0.356 e. The lowest BCUT2D eigenvalue weighted by Gasteiger charge is -2.36. The molecule has 2 heterocycles. The molecule has 1 saturated carbocycles. The van der Waals surface area contributed by atoms with Gasteiger partial charge in [-0.1, -0.05) is 57.3 Å². The van der Waals surface area contributed by atoms with Crippen LogP contribution in [0.1, 0.15) is 47.0 Å². The SMILES string of the molecule is CC[C@H](C)[C@H](NC(=O)[C@@H](F)Cl)C(=O)N1C[C@H]2[C@@H]([C@H]1C(=O)NN(C[C@H]1CCCNC1=O)C(=O)[C@@H](F)Cl)C2(C)C. The predicted molar refractivity (Wildman–Crippen MR) is 135 cm³/mol. The van der Waals surface area contributed by atoms with Crippen molar-refractivity contribution in [2.24, 2.45) is 29.1 Å². The standard InChI is InChI=1S/C24H35Cl2F2N5O5/c1-5-11(2)15(30-21(36)17(25)27)22(37)32-10-13-14(24(13,3)4)16(32)20(35)31-33(23(38)18(26)28)9-12-7-6-8-29-19(12)34/h11-18H,5-10H2,1-4H3,(H,29,34)(H,30,36)(H,31,35)/t11-,12+,13-,14-,15-,16-,17+,18+/m0/s1. The quantitative estimate of drug-likeness (QED) is 0.280. The Labute approximate surface area is 230 Å². The molecule has 0 unspecified atom stereocenters. The lowest BCUT2D eigenvalue weighted by Crippen LogP contribution is -2.61. The molecular formula is C24H35Cl2F2N5O5. The molecule has 3 fully saturated rings. The minimum absolute atomic E-state index is 0.0346. The van der Waals surface area contributed by atoms with Gasteiger partial charge in [-0.25, -0.2) is 13.8 Å². The first-order valence-electron chi connectivity index (χ1n) is 12.8. The van der Waals surface area contributed by atoms with Crippen LogP contribution in [-0.4, -0.2) is 82.4 Å². The van der Waals surface area contributed by atoms with Crippen LogP contribution in [0.15, 0.2) is 0 Å². The van der Waals surface area contributed by atoms with Crippen molar-refractivity contribution in [3.8, 4) is 0 Å². The first-order valence-corrected chi connectivity index (χ1v) is 13.7. The molecule has 5 amide bonds. The van der Waals surface area contributed by atoms with Crippen LogP contribution in [-0.2, 0) is 24.0 Å². The average Bonchev–Trinajstić information content (AvgIpc) is 3.18. The number of piperidine rings is 2. The van der Waals surface area contributed by atoms with Gasteiger partial charge in [-0.2, -0.15) is 0 Å². The third kappa shape index (κ3) is 6.16. The Morgan fingerprint density at radius 3 is 2.42 bits per heavy atom. The fraction of sp³-hybridized carbons (Fsp3) is 0.792. The first kappa shape index (κ1) is 30.3. The first-order chi connectivity index (χ1) is 17.7. The molecule has 0 radical (unpaired) electrons. The van der Waals surface area contributed by atoms with E-state index in [-0.39, 0.29) is 36.2 Å². The Balaban J connectivity index is 1.85. The van der Waals surface area contributed by atoms with Gasteiger partial charge in [0.1, 0.15) is 12.1 Å². The zero-order valence-corrected chi connectivity index (χ0v) is 23.3. The van der Waals surface area contributed by atoms with Crippen molar-refractivity contribution in [2.75, 3.05) is 19.6 Å². The Kier molecular flexibility index (Phi) is 9.49. The van der Waals surface area contributed by atoms with Crippen LogP contribution in [0.2, 0.25) is 0 Å². The molecule has 0 bridgehead atoms. The third-order valence-electron chi connectivity index (χ3n) is 8.24. The summed E-state index contributed by atoms with van der Waals surface area (Å²) >= 11 is 10.7. The van der Waals surface area contributed by atoms with E-state index in [2.05, 4.69) is 16.1 Å². The van der Waals surface area contributed by atoms with E-state index >= 15 is 0 Å².